The average Bonchev–Trinajstić information content (AvgIpc) is 3.59. The number of morpholine rings is 1. The van der Waals surface area contributed by atoms with Crippen molar-refractivity contribution in [3.8, 4) is 5.82 Å². The van der Waals surface area contributed by atoms with Crippen molar-refractivity contribution in [2.75, 3.05) is 37.7 Å². The fraction of sp³-hybridized carbons (Fsp3) is 0.593. The van der Waals surface area contributed by atoms with E-state index < -0.39 is 12.3 Å². The van der Waals surface area contributed by atoms with Crippen molar-refractivity contribution >= 4 is 16.7 Å². The summed E-state index contributed by atoms with van der Waals surface area (Å²) in [5, 5.41) is 15.4. The van der Waals surface area contributed by atoms with Crippen LogP contribution in [0.2, 0.25) is 0 Å². The number of piperidine rings is 1. The van der Waals surface area contributed by atoms with Crippen LogP contribution in [0.15, 0.2) is 24.4 Å². The molecule has 2 bridgehead atoms. The highest BCUT2D eigenvalue weighted by Gasteiger charge is 2.40. The molecule has 3 fully saturated rings. The van der Waals surface area contributed by atoms with Crippen molar-refractivity contribution in [2.24, 2.45) is 0 Å². The number of anilines is 1. The van der Waals surface area contributed by atoms with E-state index in [1.165, 1.54) is 0 Å². The molecule has 9 heteroatoms. The zero-order valence-corrected chi connectivity index (χ0v) is 21.3. The number of benzene rings is 1. The summed E-state index contributed by atoms with van der Waals surface area (Å²) in [4.78, 5) is 14.0. The maximum absolute atomic E-state index is 15.4. The number of aromatic nitrogens is 4. The van der Waals surface area contributed by atoms with Gasteiger partial charge in [0.25, 0.3) is 0 Å². The van der Waals surface area contributed by atoms with Crippen molar-refractivity contribution in [3.63, 3.8) is 0 Å². The topological polar surface area (TPSA) is 79.5 Å². The molecule has 0 radical (unpaired) electrons. The second-order valence-electron chi connectivity index (χ2n) is 10.7. The summed E-state index contributed by atoms with van der Waals surface area (Å²) in [5.41, 5.74) is 3.06. The Balaban J connectivity index is 1.35. The van der Waals surface area contributed by atoms with Gasteiger partial charge in [-0.25, -0.2) is 19.0 Å². The molecule has 1 N–H and O–H groups in total. The van der Waals surface area contributed by atoms with Crippen LogP contribution in [0, 0.1) is 6.92 Å². The first-order chi connectivity index (χ1) is 17.4. The second-order valence-corrected chi connectivity index (χ2v) is 10.7. The average molecular weight is 495 g/mol. The van der Waals surface area contributed by atoms with Crippen LogP contribution in [-0.4, -0.2) is 87.0 Å². The van der Waals surface area contributed by atoms with Crippen LogP contribution in [0.25, 0.3) is 16.7 Å². The number of aliphatic hydroxyl groups is 1. The van der Waals surface area contributed by atoms with E-state index in [0.717, 1.165) is 78.4 Å². The van der Waals surface area contributed by atoms with Crippen molar-refractivity contribution in [2.45, 2.75) is 70.4 Å². The lowest BCUT2D eigenvalue weighted by molar-refractivity contribution is 0.0709. The molecule has 8 nitrogen and oxygen atoms in total. The first-order valence-corrected chi connectivity index (χ1v) is 13.2. The molecule has 0 aliphatic carbocycles. The molecule has 5 atom stereocenters. The number of hydrogen-bond donors (Lipinski definition) is 1. The molecule has 0 saturated carbocycles. The molecule has 6 rings (SSSR count). The number of halogens is 1. The SMILES string of the molecule is CCc1nc(N2CC3CC2CO3)cc(-n2ncc3cc(C)c(C4CCN(CC(C)O)CC4F)cc32)n1. The van der Waals surface area contributed by atoms with Gasteiger partial charge in [0, 0.05) is 43.4 Å². The number of aryl methyl sites for hydroxylation is 2. The Bertz CT molecular complexity index is 1260. The van der Waals surface area contributed by atoms with Crippen molar-refractivity contribution in [1.29, 1.82) is 0 Å². The maximum Gasteiger partial charge on any atom is 0.159 e. The fourth-order valence-electron chi connectivity index (χ4n) is 6.21. The molecule has 192 valence electrons. The molecule has 36 heavy (non-hydrogen) atoms. The van der Waals surface area contributed by atoms with Crippen molar-refractivity contribution in [3.05, 3.63) is 41.3 Å². The smallest absolute Gasteiger partial charge is 0.159 e. The van der Waals surface area contributed by atoms with Crippen LogP contribution in [0.4, 0.5) is 10.2 Å². The van der Waals surface area contributed by atoms with Crippen LogP contribution in [0.1, 0.15) is 49.6 Å². The van der Waals surface area contributed by atoms with Gasteiger partial charge < -0.3 is 14.7 Å². The van der Waals surface area contributed by atoms with E-state index in [9.17, 15) is 5.11 Å². The number of alkyl halides is 1. The number of aliphatic hydroxyl groups excluding tert-OH is 1. The number of likely N-dealkylation sites (tertiary alicyclic amines) is 1. The van der Waals surface area contributed by atoms with E-state index >= 15 is 4.39 Å². The van der Waals surface area contributed by atoms with Crippen LogP contribution in [0.5, 0.6) is 0 Å². The Morgan fingerprint density at radius 2 is 2.03 bits per heavy atom. The van der Waals surface area contributed by atoms with Crippen molar-refractivity contribution < 1.29 is 14.2 Å². The normalized spacial score (nSPS) is 27.3. The predicted molar refractivity (Wildman–Crippen MR) is 137 cm³/mol. The van der Waals surface area contributed by atoms with Gasteiger partial charge in [-0.3, -0.25) is 4.90 Å². The third kappa shape index (κ3) is 4.27. The summed E-state index contributed by atoms with van der Waals surface area (Å²) in [6.07, 6.45) is 3.24. The predicted octanol–water partition coefficient (Wildman–Crippen LogP) is 3.17. The molecule has 0 spiro atoms. The molecule has 1 aromatic carbocycles. The Morgan fingerprint density at radius 1 is 1.19 bits per heavy atom. The molecule has 5 unspecified atom stereocenters. The summed E-state index contributed by atoms with van der Waals surface area (Å²) in [6, 6.07) is 6.62. The highest BCUT2D eigenvalue weighted by atomic mass is 19.1. The van der Waals surface area contributed by atoms with Crippen LogP contribution in [0.3, 0.4) is 0 Å². The molecule has 3 aliphatic heterocycles. The van der Waals surface area contributed by atoms with E-state index in [2.05, 4.69) is 30.9 Å². The van der Waals surface area contributed by atoms with Crippen LogP contribution < -0.4 is 4.90 Å². The van der Waals surface area contributed by atoms with Gasteiger partial charge in [-0.2, -0.15) is 5.10 Å². The first kappa shape index (κ1) is 23.8. The summed E-state index contributed by atoms with van der Waals surface area (Å²) in [7, 11) is 0. The van der Waals surface area contributed by atoms with E-state index in [1.54, 1.807) is 6.92 Å². The molecule has 5 heterocycles. The van der Waals surface area contributed by atoms with Gasteiger partial charge in [0.05, 0.1) is 36.6 Å². The Kier molecular flexibility index (Phi) is 6.17. The highest BCUT2D eigenvalue weighted by molar-refractivity contribution is 5.82. The van der Waals surface area contributed by atoms with Crippen LogP contribution >= 0.6 is 0 Å². The third-order valence-corrected chi connectivity index (χ3v) is 7.98. The first-order valence-electron chi connectivity index (χ1n) is 13.2. The fourth-order valence-corrected chi connectivity index (χ4v) is 6.21. The summed E-state index contributed by atoms with van der Waals surface area (Å²) < 4.78 is 23.0. The summed E-state index contributed by atoms with van der Waals surface area (Å²) in [6.45, 7) is 9.13. The van der Waals surface area contributed by atoms with Crippen LogP contribution in [-0.2, 0) is 11.2 Å². The molecule has 3 saturated heterocycles. The lowest BCUT2D eigenvalue weighted by Crippen LogP contribution is -2.43. The van der Waals surface area contributed by atoms with Crippen molar-refractivity contribution in [1.82, 2.24) is 24.6 Å². The number of nitrogens with zero attached hydrogens (tertiary/aromatic N) is 6. The lowest BCUT2D eigenvalue weighted by Gasteiger charge is -2.36. The van der Waals surface area contributed by atoms with Gasteiger partial charge in [0.1, 0.15) is 17.8 Å². The van der Waals surface area contributed by atoms with E-state index in [1.807, 2.05) is 21.8 Å². The van der Waals surface area contributed by atoms with Gasteiger partial charge in [-0.1, -0.05) is 6.92 Å². The maximum atomic E-state index is 15.4. The van der Waals surface area contributed by atoms with E-state index in [4.69, 9.17) is 19.8 Å². The molecule has 2 aromatic heterocycles. The Morgan fingerprint density at radius 3 is 2.72 bits per heavy atom. The standard InChI is InChI=1S/C27H35FN6O2/c1-4-25-30-26(33-13-20-8-19(33)15-36-20)10-27(31-25)34-24-9-22(16(2)7-18(24)11-29-34)21-5-6-32(12-17(3)35)14-23(21)28/h7,9-11,17,19-21,23,35H,4-6,8,12-15H2,1-3H3. The largest absolute Gasteiger partial charge is 0.392 e. The number of ether oxygens (including phenoxy) is 1. The van der Waals surface area contributed by atoms with E-state index in [0.29, 0.717) is 19.1 Å². The highest BCUT2D eigenvalue weighted by Crippen LogP contribution is 2.36. The quantitative estimate of drug-likeness (QED) is 0.564. The lowest BCUT2D eigenvalue weighted by atomic mass is 9.85. The summed E-state index contributed by atoms with van der Waals surface area (Å²) in [5.74, 6) is 2.29. The number of β-amino-alcohol motifs (C(OH)–C–C–N with tert-alkyl or cyclic N) is 1. The third-order valence-electron chi connectivity index (χ3n) is 7.98. The molecule has 3 aliphatic rings. The van der Waals surface area contributed by atoms with Gasteiger partial charge in [-0.15, -0.1) is 0 Å². The number of fused-ring (bicyclic) bond motifs is 3. The Labute approximate surface area is 211 Å². The van der Waals surface area contributed by atoms with E-state index in [-0.39, 0.29) is 12.0 Å². The van der Waals surface area contributed by atoms with Gasteiger partial charge in [0.2, 0.25) is 0 Å². The second kappa shape index (κ2) is 9.36. The number of rotatable bonds is 6. The minimum atomic E-state index is -0.977. The summed E-state index contributed by atoms with van der Waals surface area (Å²) >= 11 is 0. The minimum absolute atomic E-state index is 0.171. The minimum Gasteiger partial charge on any atom is -0.392 e. The zero-order valence-electron chi connectivity index (χ0n) is 21.3. The van der Waals surface area contributed by atoms with Gasteiger partial charge in [-0.05, 0) is 56.5 Å². The molecule has 3 aromatic rings. The molecule has 0 amide bonds. The van der Waals surface area contributed by atoms with Gasteiger partial charge >= 0.3 is 0 Å². The zero-order chi connectivity index (χ0) is 25.0. The van der Waals surface area contributed by atoms with Gasteiger partial charge in [0.15, 0.2) is 5.82 Å². The molecular formula is C27H35FN6O2. The molecular weight excluding hydrogens is 459 g/mol. The monoisotopic (exact) mass is 494 g/mol. The Hall–Kier alpha value is -2.62. The number of hydrogen-bond acceptors (Lipinski definition) is 7.